The number of carboxylic acids is 1. The summed E-state index contributed by atoms with van der Waals surface area (Å²) in [4.78, 5) is 10.9. The lowest BCUT2D eigenvalue weighted by Gasteiger charge is -2.12. The molecule has 4 heteroatoms. The Morgan fingerprint density at radius 2 is 2.25 bits per heavy atom. The predicted octanol–water partition coefficient (Wildman–Crippen LogP) is 3.46. The largest absolute Gasteiger partial charge is 0.492 e. The maximum Gasteiger partial charge on any atom is 0.339 e. The van der Waals surface area contributed by atoms with E-state index in [0.717, 1.165) is 6.42 Å². The minimum absolute atomic E-state index is 0.107. The second-order valence-electron chi connectivity index (χ2n) is 3.77. The summed E-state index contributed by atoms with van der Waals surface area (Å²) >= 11 is 5.73. The Hall–Kier alpha value is -1.22. The van der Waals surface area contributed by atoms with E-state index in [0.29, 0.717) is 23.3 Å². The molecule has 0 spiro atoms. The molecule has 0 aliphatic carbocycles. The summed E-state index contributed by atoms with van der Waals surface area (Å²) in [5.41, 5.74) is 0.107. The highest BCUT2D eigenvalue weighted by molar-refractivity contribution is 6.31. The van der Waals surface area contributed by atoms with Gasteiger partial charge in [-0.1, -0.05) is 31.9 Å². The molecule has 0 heterocycles. The molecular weight excluding hydrogens is 228 g/mol. The van der Waals surface area contributed by atoms with Crippen LogP contribution >= 0.6 is 11.6 Å². The van der Waals surface area contributed by atoms with Crippen LogP contribution in [0.2, 0.25) is 5.02 Å². The number of hydrogen-bond acceptors (Lipinski definition) is 2. The minimum Gasteiger partial charge on any atom is -0.492 e. The minimum atomic E-state index is -1.03. The second-order valence-corrected chi connectivity index (χ2v) is 4.21. The maximum absolute atomic E-state index is 10.9. The lowest BCUT2D eigenvalue weighted by atomic mass is 10.1. The number of ether oxygens (including phenoxy) is 1. The van der Waals surface area contributed by atoms with Crippen LogP contribution in [0.5, 0.6) is 5.75 Å². The van der Waals surface area contributed by atoms with Crippen molar-refractivity contribution < 1.29 is 14.6 Å². The van der Waals surface area contributed by atoms with E-state index in [1.807, 2.05) is 0 Å². The van der Waals surface area contributed by atoms with Gasteiger partial charge in [-0.05, 0) is 24.1 Å². The molecule has 0 fully saturated rings. The average Bonchev–Trinajstić information content (AvgIpc) is 2.26. The molecule has 0 aromatic heterocycles. The van der Waals surface area contributed by atoms with Crippen molar-refractivity contribution in [1.29, 1.82) is 0 Å². The van der Waals surface area contributed by atoms with Gasteiger partial charge in [0.1, 0.15) is 11.3 Å². The number of halogens is 1. The van der Waals surface area contributed by atoms with Gasteiger partial charge in [0, 0.05) is 5.02 Å². The van der Waals surface area contributed by atoms with Gasteiger partial charge < -0.3 is 9.84 Å². The van der Waals surface area contributed by atoms with Gasteiger partial charge in [0.2, 0.25) is 0 Å². The van der Waals surface area contributed by atoms with Gasteiger partial charge in [0.05, 0.1) is 6.61 Å². The monoisotopic (exact) mass is 242 g/mol. The van der Waals surface area contributed by atoms with Crippen molar-refractivity contribution in [2.24, 2.45) is 5.92 Å². The Morgan fingerprint density at radius 3 is 2.81 bits per heavy atom. The van der Waals surface area contributed by atoms with Crippen molar-refractivity contribution in [1.82, 2.24) is 0 Å². The molecule has 0 saturated heterocycles. The Bertz CT molecular complexity index is 377. The predicted molar refractivity (Wildman–Crippen MR) is 63.4 cm³/mol. The first-order chi connectivity index (χ1) is 7.54. The Morgan fingerprint density at radius 1 is 1.56 bits per heavy atom. The molecule has 0 bridgehead atoms. The molecule has 0 radical (unpaired) electrons. The van der Waals surface area contributed by atoms with Crippen LogP contribution in [0.1, 0.15) is 30.6 Å². The molecule has 1 aromatic rings. The van der Waals surface area contributed by atoms with E-state index in [4.69, 9.17) is 21.4 Å². The van der Waals surface area contributed by atoms with E-state index in [-0.39, 0.29) is 5.56 Å². The summed E-state index contributed by atoms with van der Waals surface area (Å²) in [6.07, 6.45) is 0.996. The molecule has 1 atom stereocenters. The van der Waals surface area contributed by atoms with Gasteiger partial charge >= 0.3 is 5.97 Å². The standard InChI is InChI=1S/C12H15ClO3/c1-3-8(2)7-16-11-5-4-9(13)6-10(11)12(14)15/h4-6,8H,3,7H2,1-2H3,(H,14,15). The van der Waals surface area contributed by atoms with Crippen LogP contribution in [0.4, 0.5) is 0 Å². The van der Waals surface area contributed by atoms with Gasteiger partial charge in [-0.3, -0.25) is 0 Å². The van der Waals surface area contributed by atoms with E-state index in [1.54, 1.807) is 12.1 Å². The van der Waals surface area contributed by atoms with Crippen LogP contribution in [-0.2, 0) is 0 Å². The first-order valence-electron chi connectivity index (χ1n) is 5.20. The Balaban J connectivity index is 2.82. The van der Waals surface area contributed by atoms with E-state index in [1.165, 1.54) is 6.07 Å². The Kier molecular flexibility index (Phi) is 4.62. The van der Waals surface area contributed by atoms with Crippen molar-refractivity contribution in [3.05, 3.63) is 28.8 Å². The van der Waals surface area contributed by atoms with Crippen LogP contribution < -0.4 is 4.74 Å². The van der Waals surface area contributed by atoms with Crippen LogP contribution in [0.25, 0.3) is 0 Å². The van der Waals surface area contributed by atoms with Gasteiger partial charge in [-0.15, -0.1) is 0 Å². The molecule has 0 aliphatic rings. The number of benzene rings is 1. The summed E-state index contributed by atoms with van der Waals surface area (Å²) in [6.45, 7) is 4.63. The van der Waals surface area contributed by atoms with Crippen molar-refractivity contribution in [3.8, 4) is 5.75 Å². The molecule has 1 N–H and O–H groups in total. The fourth-order valence-electron chi connectivity index (χ4n) is 1.15. The zero-order valence-corrected chi connectivity index (χ0v) is 10.1. The molecule has 88 valence electrons. The first kappa shape index (κ1) is 12.8. The lowest BCUT2D eigenvalue weighted by molar-refractivity contribution is 0.0691. The number of rotatable bonds is 5. The summed E-state index contributed by atoms with van der Waals surface area (Å²) in [5, 5.41) is 9.37. The van der Waals surface area contributed by atoms with Crippen LogP contribution in [-0.4, -0.2) is 17.7 Å². The smallest absolute Gasteiger partial charge is 0.339 e. The SMILES string of the molecule is CCC(C)COc1ccc(Cl)cc1C(=O)O. The summed E-state index contributed by atoms with van der Waals surface area (Å²) in [5.74, 6) is -0.254. The van der Waals surface area contributed by atoms with Crippen molar-refractivity contribution in [2.75, 3.05) is 6.61 Å². The van der Waals surface area contributed by atoms with Crippen LogP contribution in [0.3, 0.4) is 0 Å². The highest BCUT2D eigenvalue weighted by atomic mass is 35.5. The van der Waals surface area contributed by atoms with Crippen molar-refractivity contribution in [3.63, 3.8) is 0 Å². The third kappa shape index (κ3) is 3.42. The quantitative estimate of drug-likeness (QED) is 0.860. The number of carbonyl (C=O) groups is 1. The van der Waals surface area contributed by atoms with E-state index >= 15 is 0 Å². The van der Waals surface area contributed by atoms with E-state index < -0.39 is 5.97 Å². The molecule has 1 aromatic carbocycles. The molecule has 0 saturated carbocycles. The van der Waals surface area contributed by atoms with Crippen LogP contribution in [0, 0.1) is 5.92 Å². The molecule has 1 rings (SSSR count). The maximum atomic E-state index is 10.9. The molecule has 0 amide bonds. The summed E-state index contributed by atoms with van der Waals surface area (Å²) in [7, 11) is 0. The topological polar surface area (TPSA) is 46.5 Å². The van der Waals surface area contributed by atoms with Gasteiger partial charge in [0.25, 0.3) is 0 Å². The van der Waals surface area contributed by atoms with E-state index in [9.17, 15) is 4.79 Å². The third-order valence-electron chi connectivity index (χ3n) is 2.39. The fourth-order valence-corrected chi connectivity index (χ4v) is 1.32. The van der Waals surface area contributed by atoms with Crippen molar-refractivity contribution >= 4 is 17.6 Å². The molecule has 3 nitrogen and oxygen atoms in total. The van der Waals surface area contributed by atoms with Gasteiger partial charge in [0.15, 0.2) is 0 Å². The molecular formula is C12H15ClO3. The van der Waals surface area contributed by atoms with E-state index in [2.05, 4.69) is 13.8 Å². The molecule has 0 aliphatic heterocycles. The fraction of sp³-hybridized carbons (Fsp3) is 0.417. The normalized spacial score (nSPS) is 12.2. The second kappa shape index (κ2) is 5.75. The highest BCUT2D eigenvalue weighted by Crippen LogP contribution is 2.23. The Labute approximate surface area is 100.0 Å². The highest BCUT2D eigenvalue weighted by Gasteiger charge is 2.12. The third-order valence-corrected chi connectivity index (χ3v) is 2.63. The lowest BCUT2D eigenvalue weighted by Crippen LogP contribution is -2.10. The average molecular weight is 243 g/mol. The zero-order chi connectivity index (χ0) is 12.1. The number of aromatic carboxylic acids is 1. The molecule has 1 unspecified atom stereocenters. The zero-order valence-electron chi connectivity index (χ0n) is 9.37. The van der Waals surface area contributed by atoms with Crippen LogP contribution in [0.15, 0.2) is 18.2 Å². The first-order valence-corrected chi connectivity index (χ1v) is 5.58. The number of hydrogen-bond donors (Lipinski definition) is 1. The number of carboxylic acid groups (broad SMARTS) is 1. The van der Waals surface area contributed by atoms with Crippen molar-refractivity contribution in [2.45, 2.75) is 20.3 Å². The summed E-state index contributed by atoms with van der Waals surface area (Å²) in [6, 6.07) is 4.62. The van der Waals surface area contributed by atoms with Gasteiger partial charge in [-0.25, -0.2) is 4.79 Å². The summed E-state index contributed by atoms with van der Waals surface area (Å²) < 4.78 is 5.47. The molecule has 16 heavy (non-hydrogen) atoms. The van der Waals surface area contributed by atoms with Gasteiger partial charge in [-0.2, -0.15) is 0 Å².